The second-order valence-corrected chi connectivity index (χ2v) is 9.82. The highest BCUT2D eigenvalue weighted by Crippen LogP contribution is 2.62. The Bertz CT molecular complexity index is 868. The molecule has 4 rings (SSSR count). The highest BCUT2D eigenvalue weighted by Gasteiger charge is 2.58. The molecular formula is C25H33NO5. The van der Waals surface area contributed by atoms with Crippen LogP contribution in [0, 0.1) is 22.7 Å². The lowest BCUT2D eigenvalue weighted by molar-refractivity contribution is -0.154. The van der Waals surface area contributed by atoms with Gasteiger partial charge in [0, 0.05) is 11.6 Å². The van der Waals surface area contributed by atoms with Gasteiger partial charge in [-0.15, -0.1) is 0 Å². The van der Waals surface area contributed by atoms with Crippen molar-refractivity contribution in [3.63, 3.8) is 0 Å². The number of fused-ring (bicyclic) bond motifs is 1. The number of aliphatic hydroxyl groups is 2. The smallest absolute Gasteiger partial charge is 0.337 e. The van der Waals surface area contributed by atoms with Gasteiger partial charge in [0.15, 0.2) is 0 Å². The van der Waals surface area contributed by atoms with Gasteiger partial charge in [0.05, 0.1) is 24.5 Å². The van der Waals surface area contributed by atoms with Gasteiger partial charge in [-0.25, -0.2) is 4.79 Å². The third-order valence-corrected chi connectivity index (χ3v) is 8.16. The first-order chi connectivity index (χ1) is 14.8. The third-order valence-electron chi connectivity index (χ3n) is 8.16. The lowest BCUT2D eigenvalue weighted by Gasteiger charge is -2.60. The van der Waals surface area contributed by atoms with Crippen molar-refractivity contribution in [3.8, 4) is 5.75 Å². The summed E-state index contributed by atoms with van der Waals surface area (Å²) in [5, 5.41) is 21.0. The molecule has 0 spiro atoms. The van der Waals surface area contributed by atoms with Crippen molar-refractivity contribution in [1.82, 2.24) is 4.98 Å². The first kappa shape index (κ1) is 22.0. The van der Waals surface area contributed by atoms with E-state index in [4.69, 9.17) is 9.47 Å². The van der Waals surface area contributed by atoms with E-state index in [1.165, 1.54) is 0 Å². The molecule has 6 nitrogen and oxygen atoms in total. The van der Waals surface area contributed by atoms with Gasteiger partial charge < -0.3 is 19.7 Å². The van der Waals surface area contributed by atoms with Gasteiger partial charge in [-0.05, 0) is 67.6 Å². The van der Waals surface area contributed by atoms with Crippen LogP contribution in [0.2, 0.25) is 0 Å². The Morgan fingerprint density at radius 2 is 2.19 bits per heavy atom. The van der Waals surface area contributed by atoms with Gasteiger partial charge in [-0.2, -0.15) is 0 Å². The number of rotatable bonds is 6. The number of carbonyl (C=O) groups is 1. The van der Waals surface area contributed by atoms with E-state index in [-0.39, 0.29) is 36.4 Å². The Morgan fingerprint density at radius 3 is 2.84 bits per heavy atom. The summed E-state index contributed by atoms with van der Waals surface area (Å²) in [7, 11) is 0. The Labute approximate surface area is 184 Å². The Balaban J connectivity index is 1.66. The maximum atomic E-state index is 12.4. The minimum Gasteiger partial charge on any atom is -0.484 e. The molecule has 0 saturated heterocycles. The molecule has 1 aromatic rings. The Morgan fingerprint density at radius 1 is 1.39 bits per heavy atom. The minimum atomic E-state index is -0.544. The molecule has 2 N–H and O–H groups in total. The van der Waals surface area contributed by atoms with Crippen molar-refractivity contribution < 1.29 is 24.5 Å². The third kappa shape index (κ3) is 3.80. The van der Waals surface area contributed by atoms with Gasteiger partial charge in [0.1, 0.15) is 18.5 Å². The van der Waals surface area contributed by atoms with E-state index >= 15 is 0 Å². The average Bonchev–Trinajstić information content (AvgIpc) is 3.19. The van der Waals surface area contributed by atoms with E-state index in [1.807, 2.05) is 13.0 Å². The molecule has 6 heteroatoms. The molecule has 0 radical (unpaired) electrons. The van der Waals surface area contributed by atoms with Crippen molar-refractivity contribution in [1.29, 1.82) is 0 Å². The summed E-state index contributed by atoms with van der Waals surface area (Å²) >= 11 is 0. The van der Waals surface area contributed by atoms with Crippen LogP contribution >= 0.6 is 0 Å². The highest BCUT2D eigenvalue weighted by molar-refractivity contribution is 5.91. The van der Waals surface area contributed by atoms with Crippen LogP contribution in [0.25, 0.3) is 0 Å². The summed E-state index contributed by atoms with van der Waals surface area (Å²) in [5.74, 6) is 0.528. The number of carbonyl (C=O) groups excluding carboxylic acids is 1. The summed E-state index contributed by atoms with van der Waals surface area (Å²) in [6, 6.07) is 3.64. The van der Waals surface area contributed by atoms with Crippen molar-refractivity contribution >= 4 is 5.97 Å². The maximum Gasteiger partial charge on any atom is 0.337 e. The molecule has 3 aliphatic rings. The molecule has 2 saturated carbocycles. The molecule has 1 aliphatic heterocycles. The van der Waals surface area contributed by atoms with Crippen molar-refractivity contribution in [2.24, 2.45) is 22.7 Å². The number of cyclic esters (lactones) is 1. The van der Waals surface area contributed by atoms with Gasteiger partial charge >= 0.3 is 5.97 Å². The maximum absolute atomic E-state index is 12.4. The molecule has 2 aliphatic carbocycles. The Kier molecular flexibility index (Phi) is 5.97. The van der Waals surface area contributed by atoms with Gasteiger partial charge in [-0.3, -0.25) is 4.98 Å². The number of allylic oxidation sites excluding steroid dienone is 1. The van der Waals surface area contributed by atoms with Crippen LogP contribution in [0.5, 0.6) is 5.75 Å². The molecule has 2 fully saturated rings. The molecule has 2 heterocycles. The van der Waals surface area contributed by atoms with Crippen molar-refractivity contribution in [2.45, 2.75) is 58.2 Å². The molecule has 1 unspecified atom stereocenters. The largest absolute Gasteiger partial charge is 0.484 e. The number of hydrogen-bond acceptors (Lipinski definition) is 6. The highest BCUT2D eigenvalue weighted by atomic mass is 16.5. The molecule has 0 amide bonds. The summed E-state index contributed by atoms with van der Waals surface area (Å²) in [4.78, 5) is 16.5. The van der Waals surface area contributed by atoms with E-state index in [0.717, 1.165) is 24.8 Å². The zero-order valence-electron chi connectivity index (χ0n) is 18.4. The fourth-order valence-electron chi connectivity index (χ4n) is 6.31. The van der Waals surface area contributed by atoms with Crippen LogP contribution in [0.15, 0.2) is 48.3 Å². The van der Waals surface area contributed by atoms with Crippen molar-refractivity contribution in [3.05, 3.63) is 48.3 Å². The van der Waals surface area contributed by atoms with E-state index in [2.05, 4.69) is 18.5 Å². The molecule has 31 heavy (non-hydrogen) atoms. The van der Waals surface area contributed by atoms with E-state index in [0.29, 0.717) is 24.2 Å². The van der Waals surface area contributed by atoms with Crippen LogP contribution in [0.4, 0.5) is 0 Å². The summed E-state index contributed by atoms with van der Waals surface area (Å²) < 4.78 is 11.5. The zero-order chi connectivity index (χ0) is 22.2. The predicted molar refractivity (Wildman–Crippen MR) is 116 cm³/mol. The fraction of sp³-hybridized carbons (Fsp3) is 0.600. The predicted octanol–water partition coefficient (Wildman–Crippen LogP) is 3.44. The average molecular weight is 428 g/mol. The second-order valence-electron chi connectivity index (χ2n) is 9.82. The summed E-state index contributed by atoms with van der Waals surface area (Å²) in [6.45, 7) is 8.89. The van der Waals surface area contributed by atoms with Gasteiger partial charge in [0.25, 0.3) is 0 Å². The van der Waals surface area contributed by atoms with Crippen LogP contribution < -0.4 is 4.74 Å². The van der Waals surface area contributed by atoms with Crippen LogP contribution in [0.3, 0.4) is 0 Å². The first-order valence-corrected chi connectivity index (χ1v) is 11.2. The van der Waals surface area contributed by atoms with Crippen LogP contribution in [0.1, 0.15) is 46.0 Å². The number of pyridine rings is 1. The number of esters is 1. The topological polar surface area (TPSA) is 88.9 Å². The van der Waals surface area contributed by atoms with Crippen LogP contribution in [-0.4, -0.2) is 46.6 Å². The molecule has 1 aromatic heterocycles. The molecule has 6 atom stereocenters. The van der Waals surface area contributed by atoms with Crippen LogP contribution in [-0.2, 0) is 9.53 Å². The molecule has 0 bridgehead atoms. The SMILES string of the molecule is C=C1CC[C@@H]2[C@](C)(CO)[C@H](O)CC[C@@]2(C)[C@@H]1CC(Oc1cccnc1)C1=CCOC1=O. The molecular weight excluding hydrogens is 394 g/mol. The normalized spacial score (nSPS) is 36.4. The Hall–Kier alpha value is -2.18. The van der Waals surface area contributed by atoms with Crippen molar-refractivity contribution in [2.75, 3.05) is 13.2 Å². The second kappa shape index (κ2) is 8.40. The van der Waals surface area contributed by atoms with Gasteiger partial charge in [-0.1, -0.05) is 26.0 Å². The number of ether oxygens (including phenoxy) is 2. The first-order valence-electron chi connectivity index (χ1n) is 11.2. The number of aliphatic hydroxyl groups excluding tert-OH is 2. The quantitative estimate of drug-likeness (QED) is 0.534. The number of hydrogen-bond donors (Lipinski definition) is 2. The van der Waals surface area contributed by atoms with E-state index in [9.17, 15) is 15.0 Å². The van der Waals surface area contributed by atoms with Gasteiger partial charge in [0.2, 0.25) is 0 Å². The number of nitrogens with zero attached hydrogens (tertiary/aromatic N) is 1. The number of aromatic nitrogens is 1. The monoisotopic (exact) mass is 427 g/mol. The molecule has 168 valence electrons. The lowest BCUT2D eigenvalue weighted by atomic mass is 9.46. The zero-order valence-corrected chi connectivity index (χ0v) is 18.4. The summed E-state index contributed by atoms with van der Waals surface area (Å²) in [5.41, 5.74) is 1.01. The van der Waals surface area contributed by atoms with E-state index < -0.39 is 17.6 Å². The lowest BCUT2D eigenvalue weighted by Crippen LogP contribution is -2.57. The summed E-state index contributed by atoms with van der Waals surface area (Å²) in [6.07, 6.45) is 7.98. The minimum absolute atomic E-state index is 0.0410. The molecule has 0 aromatic carbocycles. The standard InChI is InChI=1S/C25H33NO5/c1-16-6-7-21-24(2,10-8-22(28)25(21,3)15-27)19(16)13-20(18-9-12-30-23(18)29)31-17-5-4-11-26-14-17/h4-5,9,11,14,19-22,27-28H,1,6-8,10,12-13,15H2,2-3H3/t19-,20?,21+,22-,24+,25+/m1/s1. The fourth-order valence-corrected chi connectivity index (χ4v) is 6.31. The van der Waals surface area contributed by atoms with E-state index in [1.54, 1.807) is 24.5 Å².